The van der Waals surface area contributed by atoms with Gasteiger partial charge in [0, 0.05) is 4.88 Å². The number of hydrogen-bond donors (Lipinski definition) is 1. The molecule has 158 valence electrons. The lowest BCUT2D eigenvalue weighted by atomic mass is 9.49. The Balaban J connectivity index is 1.43. The van der Waals surface area contributed by atoms with Gasteiger partial charge >= 0.3 is 5.97 Å². The zero-order chi connectivity index (χ0) is 20.0. The Kier molecular flexibility index (Phi) is 5.21. The smallest absolute Gasteiger partial charge is 0.341 e. The summed E-state index contributed by atoms with van der Waals surface area (Å²) in [5.41, 5.74) is 1.62. The van der Waals surface area contributed by atoms with Crippen LogP contribution in [0.3, 0.4) is 0 Å². The van der Waals surface area contributed by atoms with E-state index in [1.165, 1.54) is 37.0 Å². The van der Waals surface area contributed by atoms with Gasteiger partial charge in [0.15, 0.2) is 0 Å². The van der Waals surface area contributed by atoms with Crippen molar-refractivity contribution in [1.82, 2.24) is 0 Å². The fraction of sp³-hybridized carbons (Fsp3) is 0.750. The molecule has 4 fully saturated rings. The number of rotatable bonds is 5. The summed E-state index contributed by atoms with van der Waals surface area (Å²) in [6, 6.07) is 0. The van der Waals surface area contributed by atoms with E-state index < -0.39 is 0 Å². The summed E-state index contributed by atoms with van der Waals surface area (Å²) in [5.74, 6) is 2.15. The quantitative estimate of drug-likeness (QED) is 0.493. The first-order valence-electron chi connectivity index (χ1n) is 11.7. The minimum absolute atomic E-state index is 0.178. The Morgan fingerprint density at radius 3 is 2.34 bits per heavy atom. The zero-order valence-electron chi connectivity index (χ0n) is 17.6. The van der Waals surface area contributed by atoms with Gasteiger partial charge in [0.1, 0.15) is 5.00 Å². The number of hydrogen-bond acceptors (Lipinski definition) is 4. The van der Waals surface area contributed by atoms with Gasteiger partial charge in [0.2, 0.25) is 5.91 Å². The first-order chi connectivity index (χ1) is 14.1. The van der Waals surface area contributed by atoms with E-state index in [0.29, 0.717) is 12.2 Å². The summed E-state index contributed by atoms with van der Waals surface area (Å²) >= 11 is 1.64. The molecule has 1 N–H and O–H groups in total. The van der Waals surface area contributed by atoms with Crippen molar-refractivity contribution in [2.24, 2.45) is 23.2 Å². The molecule has 0 unspecified atom stereocenters. The largest absolute Gasteiger partial charge is 0.462 e. The van der Waals surface area contributed by atoms with E-state index in [1.54, 1.807) is 11.3 Å². The lowest BCUT2D eigenvalue weighted by Gasteiger charge is -2.55. The molecule has 0 saturated heterocycles. The number of thiophene rings is 1. The van der Waals surface area contributed by atoms with E-state index in [9.17, 15) is 9.59 Å². The van der Waals surface area contributed by atoms with Gasteiger partial charge in [0.05, 0.1) is 17.6 Å². The second kappa shape index (κ2) is 7.72. The van der Waals surface area contributed by atoms with Crippen molar-refractivity contribution in [2.45, 2.75) is 84.0 Å². The summed E-state index contributed by atoms with van der Waals surface area (Å²) in [5, 5.41) is 4.04. The van der Waals surface area contributed by atoms with Crippen LogP contribution < -0.4 is 5.32 Å². The maximum Gasteiger partial charge on any atom is 0.341 e. The van der Waals surface area contributed by atoms with Crippen LogP contribution in [0.15, 0.2) is 0 Å². The predicted molar refractivity (Wildman–Crippen MR) is 115 cm³/mol. The van der Waals surface area contributed by atoms with E-state index >= 15 is 0 Å². The molecule has 5 heteroatoms. The van der Waals surface area contributed by atoms with Crippen molar-refractivity contribution in [3.8, 4) is 0 Å². The van der Waals surface area contributed by atoms with Crippen molar-refractivity contribution in [3.63, 3.8) is 0 Å². The molecule has 1 heterocycles. The summed E-state index contributed by atoms with van der Waals surface area (Å²) in [6.07, 6.45) is 13.4. The van der Waals surface area contributed by atoms with E-state index in [1.807, 2.05) is 6.92 Å². The number of carbonyl (C=O) groups is 2. The van der Waals surface area contributed by atoms with Crippen LogP contribution in [0.1, 0.15) is 91.9 Å². The van der Waals surface area contributed by atoms with Crippen molar-refractivity contribution in [1.29, 1.82) is 0 Å². The van der Waals surface area contributed by atoms with Crippen LogP contribution in [0, 0.1) is 23.2 Å². The Labute approximate surface area is 177 Å². The highest BCUT2D eigenvalue weighted by Gasteiger charge is 2.54. The lowest BCUT2D eigenvalue weighted by molar-refractivity contribution is -0.140. The molecular formula is C24H33NO3S. The SMILES string of the molecule is CCCOC(=O)c1c(NC(=O)C23CC4CC(CC(C4)C2)C3)sc2c1CCCCC2. The van der Waals surface area contributed by atoms with Crippen LogP contribution >= 0.6 is 11.3 Å². The Hall–Kier alpha value is -1.36. The first-order valence-corrected chi connectivity index (χ1v) is 12.5. The number of ether oxygens (including phenoxy) is 1. The minimum Gasteiger partial charge on any atom is -0.462 e. The molecule has 0 aliphatic heterocycles. The van der Waals surface area contributed by atoms with Gasteiger partial charge in [0.25, 0.3) is 0 Å². The van der Waals surface area contributed by atoms with Crippen molar-refractivity contribution >= 4 is 28.2 Å². The second-order valence-corrected chi connectivity index (χ2v) is 11.2. The van der Waals surface area contributed by atoms with Gasteiger partial charge in [-0.3, -0.25) is 4.79 Å². The summed E-state index contributed by atoms with van der Waals surface area (Å²) in [6.45, 7) is 2.45. The molecule has 0 radical (unpaired) electrons. The fourth-order valence-corrected chi connectivity index (χ4v) is 8.21. The van der Waals surface area contributed by atoms with Gasteiger partial charge in [-0.25, -0.2) is 4.79 Å². The molecular weight excluding hydrogens is 382 g/mol. The molecule has 0 spiro atoms. The number of aryl methyl sites for hydroxylation is 1. The van der Waals surface area contributed by atoms with Crippen LogP contribution in [0.2, 0.25) is 0 Å². The summed E-state index contributed by atoms with van der Waals surface area (Å²) in [4.78, 5) is 27.8. The number of nitrogens with one attached hydrogen (secondary N) is 1. The molecule has 5 aliphatic rings. The number of carbonyl (C=O) groups excluding carboxylic acids is 2. The van der Waals surface area contributed by atoms with Gasteiger partial charge < -0.3 is 10.1 Å². The van der Waals surface area contributed by atoms with Crippen molar-refractivity contribution < 1.29 is 14.3 Å². The van der Waals surface area contributed by atoms with Gasteiger partial charge in [-0.1, -0.05) is 13.3 Å². The zero-order valence-corrected chi connectivity index (χ0v) is 18.4. The predicted octanol–water partition coefficient (Wildman–Crippen LogP) is 5.74. The molecule has 5 aliphatic carbocycles. The molecule has 1 aromatic heterocycles. The number of fused-ring (bicyclic) bond motifs is 1. The van der Waals surface area contributed by atoms with E-state index in [2.05, 4.69) is 5.32 Å². The fourth-order valence-electron chi connectivity index (χ4n) is 6.94. The summed E-state index contributed by atoms with van der Waals surface area (Å²) in [7, 11) is 0. The van der Waals surface area contributed by atoms with Crippen molar-refractivity contribution in [2.75, 3.05) is 11.9 Å². The molecule has 1 aromatic rings. The number of esters is 1. The van der Waals surface area contributed by atoms with Gasteiger partial charge in [-0.15, -0.1) is 11.3 Å². The van der Waals surface area contributed by atoms with Crippen molar-refractivity contribution in [3.05, 3.63) is 16.0 Å². The van der Waals surface area contributed by atoms with Crippen LogP contribution in [0.5, 0.6) is 0 Å². The molecule has 4 nitrogen and oxygen atoms in total. The van der Waals surface area contributed by atoms with Gasteiger partial charge in [-0.2, -0.15) is 0 Å². The van der Waals surface area contributed by atoms with Crippen LogP contribution in [0.25, 0.3) is 0 Å². The lowest BCUT2D eigenvalue weighted by Crippen LogP contribution is -2.51. The van der Waals surface area contributed by atoms with Crippen LogP contribution in [-0.4, -0.2) is 18.5 Å². The Morgan fingerprint density at radius 1 is 1.03 bits per heavy atom. The van der Waals surface area contributed by atoms with Crippen LogP contribution in [0.4, 0.5) is 5.00 Å². The molecule has 29 heavy (non-hydrogen) atoms. The third-order valence-corrected chi connectivity index (χ3v) is 9.02. The number of amides is 1. The average Bonchev–Trinajstić information content (AvgIpc) is 2.86. The minimum atomic E-state index is -0.243. The molecule has 1 amide bonds. The highest BCUT2D eigenvalue weighted by molar-refractivity contribution is 7.17. The Morgan fingerprint density at radius 2 is 1.69 bits per heavy atom. The standard InChI is InChI=1S/C24H33NO3S/c1-2-8-28-22(26)20-18-6-4-3-5-7-19(18)29-21(20)25-23(27)24-12-15-9-16(13-24)11-17(10-15)14-24/h15-17H,2-14H2,1H3,(H,25,27). The van der Waals surface area contributed by atoms with Gasteiger partial charge in [-0.05, 0) is 93.9 Å². The molecule has 0 aromatic carbocycles. The molecule has 4 saturated carbocycles. The number of anilines is 1. The first kappa shape index (κ1) is 19.6. The normalized spacial score (nSPS) is 32.5. The molecule has 6 rings (SSSR count). The highest BCUT2D eigenvalue weighted by atomic mass is 32.1. The summed E-state index contributed by atoms with van der Waals surface area (Å²) < 4.78 is 5.53. The molecule has 0 atom stereocenters. The Bertz CT molecular complexity index is 776. The average molecular weight is 416 g/mol. The van der Waals surface area contributed by atoms with E-state index in [-0.39, 0.29) is 17.3 Å². The third-order valence-electron chi connectivity index (χ3n) is 7.81. The highest BCUT2D eigenvalue weighted by Crippen LogP contribution is 2.60. The second-order valence-electron chi connectivity index (χ2n) is 10.1. The van der Waals surface area contributed by atoms with E-state index in [0.717, 1.165) is 73.3 Å². The van der Waals surface area contributed by atoms with E-state index in [4.69, 9.17) is 4.74 Å². The maximum absolute atomic E-state index is 13.6. The maximum atomic E-state index is 13.6. The monoisotopic (exact) mass is 415 g/mol. The molecule has 4 bridgehead atoms. The third kappa shape index (κ3) is 3.54. The van der Waals surface area contributed by atoms with Crippen LogP contribution in [-0.2, 0) is 22.4 Å². The topological polar surface area (TPSA) is 55.4 Å².